The quantitative estimate of drug-likeness (QED) is 0.866. The van der Waals surface area contributed by atoms with Crippen molar-refractivity contribution < 1.29 is 14.2 Å². The van der Waals surface area contributed by atoms with Crippen LogP contribution in [0, 0.1) is 0 Å². The van der Waals surface area contributed by atoms with Gasteiger partial charge in [-0.15, -0.1) is 0 Å². The number of aryl methyl sites for hydroxylation is 1. The molecule has 2 rings (SSSR count). The highest BCUT2D eigenvalue weighted by Crippen LogP contribution is 2.42. The lowest BCUT2D eigenvalue weighted by atomic mass is 10.1. The molecule has 0 saturated heterocycles. The van der Waals surface area contributed by atoms with Gasteiger partial charge in [0.15, 0.2) is 11.5 Å². The second kappa shape index (κ2) is 5.52. The number of halogens is 1. The summed E-state index contributed by atoms with van der Waals surface area (Å²) in [6.07, 6.45) is 1.74. The fourth-order valence-electron chi connectivity index (χ4n) is 1.94. The van der Waals surface area contributed by atoms with E-state index in [-0.39, 0.29) is 0 Å². The number of rotatable bonds is 4. The molecule has 1 aromatic carbocycles. The van der Waals surface area contributed by atoms with Gasteiger partial charge in [-0.2, -0.15) is 0 Å². The maximum absolute atomic E-state index is 5.35. The summed E-state index contributed by atoms with van der Waals surface area (Å²) < 4.78 is 18.7. The van der Waals surface area contributed by atoms with Crippen molar-refractivity contribution in [2.24, 2.45) is 7.05 Å². The molecule has 0 bridgehead atoms. The molecule has 0 aliphatic heterocycles. The fraction of sp³-hybridized carbons (Fsp3) is 0.308. The number of aromatic nitrogens is 2. The highest BCUT2D eigenvalue weighted by atomic mass is 79.9. The minimum atomic E-state index is 0.576. The molecule has 0 aliphatic rings. The van der Waals surface area contributed by atoms with Gasteiger partial charge >= 0.3 is 0 Å². The standard InChI is InChI=1S/C13H15BrN2O3/c1-16-7-15-13(14)11(16)8-5-9(17-2)12(19-4)10(6-8)18-3/h5-7H,1-4H3. The molecule has 6 heteroatoms. The smallest absolute Gasteiger partial charge is 0.203 e. The van der Waals surface area contributed by atoms with Gasteiger partial charge in [-0.25, -0.2) is 4.98 Å². The largest absolute Gasteiger partial charge is 0.493 e. The van der Waals surface area contributed by atoms with Crippen molar-refractivity contribution >= 4 is 15.9 Å². The Balaban J connectivity index is 2.66. The summed E-state index contributed by atoms with van der Waals surface area (Å²) in [5.41, 5.74) is 1.88. The van der Waals surface area contributed by atoms with Crippen molar-refractivity contribution in [1.82, 2.24) is 9.55 Å². The van der Waals surface area contributed by atoms with Gasteiger partial charge in [0.05, 0.1) is 33.4 Å². The Hall–Kier alpha value is -1.69. The first kappa shape index (κ1) is 13.7. The second-order valence-electron chi connectivity index (χ2n) is 3.91. The average Bonchev–Trinajstić information content (AvgIpc) is 2.76. The van der Waals surface area contributed by atoms with Crippen LogP contribution in [0.4, 0.5) is 0 Å². The molecule has 1 heterocycles. The van der Waals surface area contributed by atoms with E-state index in [0.29, 0.717) is 17.2 Å². The Labute approximate surface area is 120 Å². The van der Waals surface area contributed by atoms with E-state index in [1.54, 1.807) is 27.7 Å². The number of imidazole rings is 1. The third kappa shape index (κ3) is 2.40. The summed E-state index contributed by atoms with van der Waals surface area (Å²) in [5.74, 6) is 1.81. The summed E-state index contributed by atoms with van der Waals surface area (Å²) in [6.45, 7) is 0. The molecule has 0 saturated carbocycles. The van der Waals surface area contributed by atoms with Gasteiger partial charge in [0.2, 0.25) is 5.75 Å². The lowest BCUT2D eigenvalue weighted by molar-refractivity contribution is 0.324. The Kier molecular flexibility index (Phi) is 3.99. The summed E-state index contributed by atoms with van der Waals surface area (Å²) in [7, 11) is 6.70. The van der Waals surface area contributed by atoms with E-state index in [4.69, 9.17) is 14.2 Å². The van der Waals surface area contributed by atoms with Crippen molar-refractivity contribution in [2.75, 3.05) is 21.3 Å². The molecule has 0 radical (unpaired) electrons. The number of ether oxygens (including phenoxy) is 3. The van der Waals surface area contributed by atoms with E-state index >= 15 is 0 Å². The van der Waals surface area contributed by atoms with E-state index in [9.17, 15) is 0 Å². The molecule has 0 fully saturated rings. The molecule has 0 atom stereocenters. The monoisotopic (exact) mass is 326 g/mol. The second-order valence-corrected chi connectivity index (χ2v) is 4.66. The van der Waals surface area contributed by atoms with Crippen molar-refractivity contribution in [2.45, 2.75) is 0 Å². The SMILES string of the molecule is COc1cc(-c2c(Br)ncn2C)cc(OC)c1OC. The maximum Gasteiger partial charge on any atom is 0.203 e. The highest BCUT2D eigenvalue weighted by molar-refractivity contribution is 9.10. The average molecular weight is 327 g/mol. The van der Waals surface area contributed by atoms with Gasteiger partial charge < -0.3 is 18.8 Å². The lowest BCUT2D eigenvalue weighted by Gasteiger charge is -2.14. The summed E-state index contributed by atoms with van der Waals surface area (Å²) in [5, 5.41) is 0. The zero-order valence-electron chi connectivity index (χ0n) is 11.2. The van der Waals surface area contributed by atoms with Crippen LogP contribution in [0.3, 0.4) is 0 Å². The minimum absolute atomic E-state index is 0.576. The van der Waals surface area contributed by atoms with E-state index in [2.05, 4.69) is 20.9 Å². The van der Waals surface area contributed by atoms with E-state index in [1.165, 1.54) is 0 Å². The predicted octanol–water partition coefficient (Wildman–Crippen LogP) is 2.88. The van der Waals surface area contributed by atoms with Gasteiger partial charge in [0.25, 0.3) is 0 Å². The van der Waals surface area contributed by atoms with Crippen molar-refractivity contribution in [3.05, 3.63) is 23.1 Å². The van der Waals surface area contributed by atoms with Crippen LogP contribution >= 0.6 is 15.9 Å². The molecule has 2 aromatic rings. The minimum Gasteiger partial charge on any atom is -0.493 e. The Morgan fingerprint density at radius 3 is 2.00 bits per heavy atom. The summed E-state index contributed by atoms with van der Waals surface area (Å²) in [6, 6.07) is 3.78. The lowest BCUT2D eigenvalue weighted by Crippen LogP contribution is -1.97. The molecule has 0 aliphatic carbocycles. The molecule has 5 nitrogen and oxygen atoms in total. The van der Waals surface area contributed by atoms with E-state index in [0.717, 1.165) is 15.9 Å². The normalized spacial score (nSPS) is 10.4. The van der Waals surface area contributed by atoms with Gasteiger partial charge in [-0.1, -0.05) is 0 Å². The van der Waals surface area contributed by atoms with Crippen LogP contribution < -0.4 is 14.2 Å². The number of methoxy groups -OCH3 is 3. The zero-order valence-corrected chi connectivity index (χ0v) is 12.8. The van der Waals surface area contributed by atoms with Crippen molar-refractivity contribution in [1.29, 1.82) is 0 Å². The topological polar surface area (TPSA) is 45.5 Å². The molecular formula is C13H15BrN2O3. The summed E-state index contributed by atoms with van der Waals surface area (Å²) in [4.78, 5) is 4.21. The number of hydrogen-bond acceptors (Lipinski definition) is 4. The fourth-order valence-corrected chi connectivity index (χ4v) is 2.54. The first-order chi connectivity index (χ1) is 9.12. The van der Waals surface area contributed by atoms with Crippen LogP contribution in [0.5, 0.6) is 17.2 Å². The summed E-state index contributed by atoms with van der Waals surface area (Å²) >= 11 is 3.44. The van der Waals surface area contributed by atoms with Crippen LogP contribution in [0.25, 0.3) is 11.3 Å². The molecule has 0 spiro atoms. The first-order valence-electron chi connectivity index (χ1n) is 5.59. The van der Waals surface area contributed by atoms with Crippen LogP contribution in [0.15, 0.2) is 23.1 Å². The van der Waals surface area contributed by atoms with Crippen LogP contribution in [-0.2, 0) is 7.05 Å². The Bertz CT molecular complexity index is 551. The van der Waals surface area contributed by atoms with E-state index < -0.39 is 0 Å². The first-order valence-corrected chi connectivity index (χ1v) is 6.38. The third-order valence-electron chi connectivity index (χ3n) is 2.83. The molecule has 0 amide bonds. The third-order valence-corrected chi connectivity index (χ3v) is 3.41. The van der Waals surface area contributed by atoms with Crippen LogP contribution in [0.1, 0.15) is 0 Å². The predicted molar refractivity (Wildman–Crippen MR) is 76.0 cm³/mol. The zero-order chi connectivity index (χ0) is 14.0. The molecule has 0 N–H and O–H groups in total. The Morgan fingerprint density at radius 2 is 1.63 bits per heavy atom. The van der Waals surface area contributed by atoms with Gasteiger partial charge in [0, 0.05) is 12.6 Å². The van der Waals surface area contributed by atoms with Gasteiger partial charge in [0.1, 0.15) is 4.60 Å². The van der Waals surface area contributed by atoms with E-state index in [1.807, 2.05) is 23.7 Å². The molecule has 1 aromatic heterocycles. The van der Waals surface area contributed by atoms with Crippen LogP contribution in [0.2, 0.25) is 0 Å². The molecular weight excluding hydrogens is 312 g/mol. The number of nitrogens with zero attached hydrogens (tertiary/aromatic N) is 2. The number of benzene rings is 1. The van der Waals surface area contributed by atoms with Gasteiger partial charge in [-0.3, -0.25) is 0 Å². The molecule has 102 valence electrons. The number of hydrogen-bond donors (Lipinski definition) is 0. The Morgan fingerprint density at radius 1 is 1.05 bits per heavy atom. The highest BCUT2D eigenvalue weighted by Gasteiger charge is 2.17. The maximum atomic E-state index is 5.35. The van der Waals surface area contributed by atoms with Crippen LogP contribution in [-0.4, -0.2) is 30.9 Å². The van der Waals surface area contributed by atoms with Crippen molar-refractivity contribution in [3.63, 3.8) is 0 Å². The molecule has 19 heavy (non-hydrogen) atoms. The van der Waals surface area contributed by atoms with Gasteiger partial charge in [-0.05, 0) is 28.1 Å². The molecule has 0 unspecified atom stereocenters. The van der Waals surface area contributed by atoms with Crippen molar-refractivity contribution in [3.8, 4) is 28.5 Å².